The molecule has 0 aromatic heterocycles. The van der Waals surface area contributed by atoms with Crippen molar-refractivity contribution in [3.8, 4) is 0 Å². The highest BCUT2D eigenvalue weighted by molar-refractivity contribution is 5.90. The van der Waals surface area contributed by atoms with Gasteiger partial charge in [0.05, 0.1) is 0 Å². The molecule has 2 fully saturated rings. The number of nitrogens with one attached hydrogen (secondary N) is 1. The molecule has 0 aromatic rings. The van der Waals surface area contributed by atoms with Crippen LogP contribution >= 0.6 is 0 Å². The normalized spacial score (nSPS) is 27.9. The number of piperidine rings is 1. The summed E-state index contributed by atoms with van der Waals surface area (Å²) < 4.78 is 0. The van der Waals surface area contributed by atoms with Crippen molar-refractivity contribution < 1.29 is 19.5 Å². The number of rotatable bonds is 1. The molecule has 8 heteroatoms. The molecule has 2 atom stereocenters. The van der Waals surface area contributed by atoms with Gasteiger partial charge in [0, 0.05) is 25.7 Å². The lowest BCUT2D eigenvalue weighted by atomic mass is 10.1. The van der Waals surface area contributed by atoms with Crippen LogP contribution < -0.4 is 11.1 Å². The Morgan fingerprint density at radius 3 is 2.79 bits per heavy atom. The second-order valence-electron chi connectivity index (χ2n) is 4.92. The summed E-state index contributed by atoms with van der Waals surface area (Å²) in [5, 5.41) is 11.6. The van der Waals surface area contributed by atoms with Crippen LogP contribution in [0, 0.1) is 0 Å². The van der Waals surface area contributed by atoms with Crippen molar-refractivity contribution in [2.24, 2.45) is 5.73 Å². The van der Waals surface area contributed by atoms with Crippen molar-refractivity contribution in [1.82, 2.24) is 15.1 Å². The lowest BCUT2D eigenvalue weighted by Crippen LogP contribution is -2.63. The van der Waals surface area contributed by atoms with E-state index in [-0.39, 0.29) is 25.0 Å². The highest BCUT2D eigenvalue weighted by atomic mass is 16.4. The van der Waals surface area contributed by atoms with Crippen molar-refractivity contribution in [3.05, 3.63) is 0 Å². The van der Waals surface area contributed by atoms with Crippen LogP contribution in [-0.2, 0) is 9.59 Å². The van der Waals surface area contributed by atoms with Crippen LogP contribution in [-0.4, -0.2) is 71.1 Å². The molecule has 8 nitrogen and oxygen atoms in total. The van der Waals surface area contributed by atoms with Gasteiger partial charge in [0.15, 0.2) is 0 Å². The number of carbonyl (C=O) groups excluding carboxylic acids is 2. The van der Waals surface area contributed by atoms with E-state index in [2.05, 4.69) is 5.32 Å². The Balaban J connectivity index is 2.09. The van der Waals surface area contributed by atoms with Crippen LogP contribution in [0.15, 0.2) is 0 Å². The molecule has 106 valence electrons. The van der Waals surface area contributed by atoms with Crippen LogP contribution in [0.4, 0.5) is 4.79 Å². The highest BCUT2D eigenvalue weighted by Crippen LogP contribution is 2.14. The molecule has 2 aliphatic heterocycles. The highest BCUT2D eigenvalue weighted by Gasteiger charge is 2.38. The van der Waals surface area contributed by atoms with Gasteiger partial charge < -0.3 is 21.1 Å². The zero-order chi connectivity index (χ0) is 14.0. The molecule has 2 saturated heterocycles. The fourth-order valence-electron chi connectivity index (χ4n) is 2.43. The molecule has 2 aliphatic rings. The summed E-state index contributed by atoms with van der Waals surface area (Å²) in [4.78, 5) is 37.4. The Bertz CT molecular complexity index is 400. The van der Waals surface area contributed by atoms with E-state index in [9.17, 15) is 14.4 Å². The summed E-state index contributed by atoms with van der Waals surface area (Å²) in [6, 6.07) is -1.51. The van der Waals surface area contributed by atoms with Gasteiger partial charge in [0.2, 0.25) is 5.91 Å². The Kier molecular flexibility index (Phi) is 3.89. The van der Waals surface area contributed by atoms with Crippen molar-refractivity contribution in [2.45, 2.75) is 24.9 Å². The molecular formula is C11H18N4O4. The smallest absolute Gasteiger partial charge is 0.328 e. The zero-order valence-corrected chi connectivity index (χ0v) is 10.5. The van der Waals surface area contributed by atoms with Crippen molar-refractivity contribution in [3.63, 3.8) is 0 Å². The first kappa shape index (κ1) is 13.6. The molecule has 0 aromatic carbocycles. The van der Waals surface area contributed by atoms with Gasteiger partial charge in [0.1, 0.15) is 12.6 Å². The first-order valence-corrected chi connectivity index (χ1v) is 6.29. The zero-order valence-electron chi connectivity index (χ0n) is 10.5. The number of carbonyl (C=O) groups is 3. The lowest BCUT2D eigenvalue weighted by Gasteiger charge is -2.39. The number of hydrogen-bond donors (Lipinski definition) is 3. The fourth-order valence-corrected chi connectivity index (χ4v) is 2.43. The molecule has 2 unspecified atom stereocenters. The number of aliphatic carboxylic acids is 1. The molecule has 2 heterocycles. The van der Waals surface area contributed by atoms with Crippen LogP contribution in [0.1, 0.15) is 12.8 Å². The second-order valence-corrected chi connectivity index (χ2v) is 4.92. The van der Waals surface area contributed by atoms with Gasteiger partial charge in [-0.2, -0.15) is 0 Å². The molecular weight excluding hydrogens is 252 g/mol. The van der Waals surface area contributed by atoms with Gasteiger partial charge in [-0.05, 0) is 12.8 Å². The first-order valence-electron chi connectivity index (χ1n) is 6.29. The van der Waals surface area contributed by atoms with Gasteiger partial charge in [-0.3, -0.25) is 9.69 Å². The SMILES string of the molecule is NC1CCCN(C(=O)N2CC(=O)NCC2C(=O)O)C1. The van der Waals surface area contributed by atoms with Crippen LogP contribution in [0.25, 0.3) is 0 Å². The summed E-state index contributed by atoms with van der Waals surface area (Å²) in [6.07, 6.45) is 1.65. The lowest BCUT2D eigenvalue weighted by molar-refractivity contribution is -0.144. The predicted molar refractivity (Wildman–Crippen MR) is 65.3 cm³/mol. The number of piperazine rings is 1. The number of carboxylic acid groups (broad SMARTS) is 1. The Morgan fingerprint density at radius 1 is 1.42 bits per heavy atom. The topological polar surface area (TPSA) is 116 Å². The molecule has 0 spiro atoms. The number of hydrogen-bond acceptors (Lipinski definition) is 4. The fraction of sp³-hybridized carbons (Fsp3) is 0.727. The van der Waals surface area contributed by atoms with E-state index in [4.69, 9.17) is 10.8 Å². The maximum absolute atomic E-state index is 12.3. The Morgan fingerprint density at radius 2 is 2.16 bits per heavy atom. The van der Waals surface area contributed by atoms with Gasteiger partial charge in [-0.1, -0.05) is 0 Å². The summed E-state index contributed by atoms with van der Waals surface area (Å²) in [7, 11) is 0. The van der Waals surface area contributed by atoms with Gasteiger partial charge in [0.25, 0.3) is 0 Å². The second kappa shape index (κ2) is 5.43. The maximum atomic E-state index is 12.3. The van der Waals surface area contributed by atoms with Crippen molar-refractivity contribution in [1.29, 1.82) is 0 Å². The number of carboxylic acids is 1. The average molecular weight is 270 g/mol. The largest absolute Gasteiger partial charge is 0.480 e. The van der Waals surface area contributed by atoms with Crippen LogP contribution in [0.2, 0.25) is 0 Å². The molecule has 0 aliphatic carbocycles. The number of urea groups is 1. The number of likely N-dealkylation sites (tertiary alicyclic amines) is 1. The molecule has 2 rings (SSSR count). The first-order chi connectivity index (χ1) is 8.99. The molecule has 19 heavy (non-hydrogen) atoms. The van der Waals surface area contributed by atoms with Crippen LogP contribution in [0.3, 0.4) is 0 Å². The van der Waals surface area contributed by atoms with Gasteiger partial charge in [-0.15, -0.1) is 0 Å². The maximum Gasteiger partial charge on any atom is 0.328 e. The van der Waals surface area contributed by atoms with Gasteiger partial charge in [-0.25, -0.2) is 9.59 Å². The Labute approximate surface area is 110 Å². The van der Waals surface area contributed by atoms with Gasteiger partial charge >= 0.3 is 12.0 Å². The minimum absolute atomic E-state index is 0.0558. The third kappa shape index (κ3) is 2.95. The minimum Gasteiger partial charge on any atom is -0.480 e. The summed E-state index contributed by atoms with van der Waals surface area (Å²) >= 11 is 0. The van der Waals surface area contributed by atoms with Crippen LogP contribution in [0.5, 0.6) is 0 Å². The number of amides is 3. The van der Waals surface area contributed by atoms with E-state index in [1.165, 1.54) is 4.90 Å². The third-order valence-electron chi connectivity index (χ3n) is 3.44. The summed E-state index contributed by atoms with van der Waals surface area (Å²) in [5.74, 6) is -1.46. The summed E-state index contributed by atoms with van der Waals surface area (Å²) in [6.45, 7) is 0.682. The van der Waals surface area contributed by atoms with E-state index in [0.29, 0.717) is 13.1 Å². The van der Waals surface area contributed by atoms with E-state index in [1.807, 2.05) is 0 Å². The standard InChI is InChI=1S/C11H18N4O4/c12-7-2-1-3-14(5-7)11(19)15-6-9(16)13-4-8(15)10(17)18/h7-8H,1-6,12H2,(H,13,16)(H,17,18). The molecule has 0 bridgehead atoms. The number of nitrogens with zero attached hydrogens (tertiary/aromatic N) is 2. The molecule has 3 amide bonds. The molecule has 4 N–H and O–H groups in total. The van der Waals surface area contributed by atoms with Crippen molar-refractivity contribution in [2.75, 3.05) is 26.2 Å². The minimum atomic E-state index is -1.12. The van der Waals surface area contributed by atoms with E-state index < -0.39 is 18.0 Å². The van der Waals surface area contributed by atoms with E-state index in [0.717, 1.165) is 17.7 Å². The molecule has 0 saturated carbocycles. The summed E-state index contributed by atoms with van der Waals surface area (Å²) in [5.41, 5.74) is 5.81. The predicted octanol–water partition coefficient (Wildman–Crippen LogP) is -1.59. The average Bonchev–Trinajstić information content (AvgIpc) is 2.37. The number of nitrogens with two attached hydrogens (primary N) is 1. The van der Waals surface area contributed by atoms with E-state index in [1.54, 1.807) is 0 Å². The Hall–Kier alpha value is -1.83. The third-order valence-corrected chi connectivity index (χ3v) is 3.44. The molecule has 0 radical (unpaired) electrons. The quantitative estimate of drug-likeness (QED) is 0.531. The monoisotopic (exact) mass is 270 g/mol. The van der Waals surface area contributed by atoms with E-state index >= 15 is 0 Å². The van der Waals surface area contributed by atoms with Crippen molar-refractivity contribution >= 4 is 17.9 Å².